The topological polar surface area (TPSA) is 97.6 Å². The first kappa shape index (κ1) is 22.9. The highest BCUT2D eigenvalue weighted by Gasteiger charge is 2.15. The fraction of sp³-hybridized carbons (Fsp3) is 0.174. The van der Waals surface area contributed by atoms with Crippen LogP contribution in [0.15, 0.2) is 70.0 Å². The predicted molar refractivity (Wildman–Crippen MR) is 120 cm³/mol. The predicted octanol–water partition coefficient (Wildman–Crippen LogP) is 1.54. The second-order valence-corrected chi connectivity index (χ2v) is 7.57. The molecule has 1 amide bonds. The lowest BCUT2D eigenvalue weighted by atomic mass is 10.1. The average Bonchev–Trinajstić information content (AvgIpc) is 2.85. The van der Waals surface area contributed by atoms with Gasteiger partial charge in [-0.1, -0.05) is 6.07 Å². The first-order chi connectivity index (χ1) is 16.3. The van der Waals surface area contributed by atoms with Crippen LogP contribution in [0.25, 0.3) is 10.9 Å². The molecule has 4 rings (SSSR count). The Labute approximate surface area is 192 Å². The number of benzene rings is 2. The Hall–Kier alpha value is -4.25. The number of aryl methyl sites for hydroxylation is 1. The zero-order valence-corrected chi connectivity index (χ0v) is 18.3. The van der Waals surface area contributed by atoms with E-state index in [4.69, 9.17) is 4.84 Å². The van der Waals surface area contributed by atoms with E-state index in [0.29, 0.717) is 5.52 Å². The van der Waals surface area contributed by atoms with E-state index in [-0.39, 0.29) is 29.6 Å². The third-order valence-corrected chi connectivity index (χ3v) is 5.39. The SMILES string of the molecule is CON1C=CC(CNC(=O)c2ccc3c(c2)c(=O)n(Cc2ccc(F)c(F)c2)c(=O)n3C)=CN1. The molecule has 0 spiro atoms. The molecule has 0 fully saturated rings. The molecular weight excluding hydrogens is 448 g/mol. The molecule has 1 aliphatic rings. The monoisotopic (exact) mass is 469 g/mol. The lowest BCUT2D eigenvalue weighted by Crippen LogP contribution is -2.39. The number of nitrogens with one attached hydrogen (secondary N) is 2. The maximum Gasteiger partial charge on any atom is 0.331 e. The summed E-state index contributed by atoms with van der Waals surface area (Å²) in [7, 11) is 2.99. The summed E-state index contributed by atoms with van der Waals surface area (Å²) in [5, 5.41) is 4.29. The molecule has 0 saturated heterocycles. The van der Waals surface area contributed by atoms with E-state index in [1.165, 1.54) is 48.2 Å². The molecule has 0 radical (unpaired) electrons. The second kappa shape index (κ2) is 9.32. The van der Waals surface area contributed by atoms with Gasteiger partial charge in [0.05, 0.1) is 30.8 Å². The number of carbonyl (C=O) groups is 1. The van der Waals surface area contributed by atoms with E-state index in [2.05, 4.69) is 10.7 Å². The van der Waals surface area contributed by atoms with E-state index in [9.17, 15) is 23.2 Å². The fourth-order valence-corrected chi connectivity index (χ4v) is 3.53. The third kappa shape index (κ3) is 4.46. The molecule has 176 valence electrons. The Morgan fingerprint density at radius 3 is 2.59 bits per heavy atom. The number of hydroxylamine groups is 1. The summed E-state index contributed by atoms with van der Waals surface area (Å²) < 4.78 is 29.0. The minimum absolute atomic E-state index is 0.145. The van der Waals surface area contributed by atoms with Gasteiger partial charge in [-0.2, -0.15) is 5.17 Å². The molecule has 0 unspecified atom stereocenters. The molecule has 0 aliphatic carbocycles. The number of hydrogen-bond acceptors (Lipinski definition) is 6. The standard InChI is InChI=1S/C23H21F2N5O4/c1-28-20-6-4-16(21(31)26-11-15-7-8-30(34-2)27-12-15)10-17(20)22(32)29(23(28)33)13-14-3-5-18(24)19(25)9-14/h3-10,12,27H,11,13H2,1-2H3,(H,26,31). The number of nitrogens with zero attached hydrogens (tertiary/aromatic N) is 3. The van der Waals surface area contributed by atoms with Gasteiger partial charge in [-0.3, -0.25) is 29.0 Å². The third-order valence-electron chi connectivity index (χ3n) is 5.39. The van der Waals surface area contributed by atoms with Crippen molar-refractivity contribution in [3.8, 4) is 0 Å². The number of amides is 1. The van der Waals surface area contributed by atoms with Crippen LogP contribution in [0.4, 0.5) is 8.78 Å². The summed E-state index contributed by atoms with van der Waals surface area (Å²) in [6.07, 6.45) is 5.07. The molecule has 3 aromatic rings. The van der Waals surface area contributed by atoms with Gasteiger partial charge in [0.25, 0.3) is 11.5 Å². The van der Waals surface area contributed by atoms with Crippen LogP contribution in [0.1, 0.15) is 15.9 Å². The van der Waals surface area contributed by atoms with E-state index < -0.39 is 28.8 Å². The number of aromatic nitrogens is 2. The normalized spacial score (nSPS) is 13.1. The average molecular weight is 469 g/mol. The van der Waals surface area contributed by atoms with Gasteiger partial charge >= 0.3 is 5.69 Å². The summed E-state index contributed by atoms with van der Waals surface area (Å²) in [6, 6.07) is 7.62. The lowest BCUT2D eigenvalue weighted by Gasteiger charge is -2.21. The van der Waals surface area contributed by atoms with Gasteiger partial charge in [-0.05, 0) is 47.5 Å². The van der Waals surface area contributed by atoms with Gasteiger partial charge in [-0.15, -0.1) is 0 Å². The zero-order chi connectivity index (χ0) is 24.4. The van der Waals surface area contributed by atoms with Gasteiger partial charge in [-0.25, -0.2) is 13.6 Å². The van der Waals surface area contributed by atoms with Crippen molar-refractivity contribution in [2.45, 2.75) is 6.54 Å². The van der Waals surface area contributed by atoms with E-state index in [1.54, 1.807) is 18.5 Å². The molecule has 2 N–H and O–H groups in total. The first-order valence-electron chi connectivity index (χ1n) is 10.2. The number of hydrogen-bond donors (Lipinski definition) is 2. The van der Waals surface area contributed by atoms with Crippen molar-refractivity contribution in [3.63, 3.8) is 0 Å². The van der Waals surface area contributed by atoms with Crippen molar-refractivity contribution in [2.24, 2.45) is 7.05 Å². The quantitative estimate of drug-likeness (QED) is 0.569. The molecule has 0 bridgehead atoms. The second-order valence-electron chi connectivity index (χ2n) is 7.57. The van der Waals surface area contributed by atoms with Gasteiger partial charge in [0, 0.05) is 25.4 Å². The Kier molecular flexibility index (Phi) is 6.28. The van der Waals surface area contributed by atoms with Crippen molar-refractivity contribution in [2.75, 3.05) is 13.7 Å². The maximum atomic E-state index is 13.6. The number of fused-ring (bicyclic) bond motifs is 1. The Morgan fingerprint density at radius 2 is 1.91 bits per heavy atom. The van der Waals surface area contributed by atoms with Crippen LogP contribution in [-0.2, 0) is 18.4 Å². The molecule has 0 atom stereocenters. The van der Waals surface area contributed by atoms with E-state index >= 15 is 0 Å². The summed E-state index contributed by atoms with van der Waals surface area (Å²) in [6.45, 7) is -0.0212. The van der Waals surface area contributed by atoms with Crippen LogP contribution < -0.4 is 22.0 Å². The van der Waals surface area contributed by atoms with Gasteiger partial charge < -0.3 is 5.32 Å². The van der Waals surface area contributed by atoms with Crippen LogP contribution >= 0.6 is 0 Å². The van der Waals surface area contributed by atoms with Crippen LogP contribution in [0, 0.1) is 11.6 Å². The highest BCUT2D eigenvalue weighted by molar-refractivity contribution is 5.98. The lowest BCUT2D eigenvalue weighted by molar-refractivity contribution is -0.119. The van der Waals surface area contributed by atoms with Crippen molar-refractivity contribution >= 4 is 16.8 Å². The van der Waals surface area contributed by atoms with Crippen molar-refractivity contribution in [1.82, 2.24) is 25.0 Å². The molecule has 34 heavy (non-hydrogen) atoms. The van der Waals surface area contributed by atoms with Gasteiger partial charge in [0.15, 0.2) is 11.6 Å². The molecule has 1 aromatic heterocycles. The Morgan fingerprint density at radius 1 is 1.12 bits per heavy atom. The molecular formula is C23H21F2N5O4. The largest absolute Gasteiger partial charge is 0.348 e. The Bertz CT molecular complexity index is 1460. The number of hydrazine groups is 1. The molecule has 9 nitrogen and oxygen atoms in total. The van der Waals surface area contributed by atoms with Crippen LogP contribution in [0.5, 0.6) is 0 Å². The highest BCUT2D eigenvalue weighted by atomic mass is 19.2. The summed E-state index contributed by atoms with van der Waals surface area (Å²) in [5.41, 5.74) is 3.21. The van der Waals surface area contributed by atoms with Crippen molar-refractivity contribution in [1.29, 1.82) is 0 Å². The summed E-state index contributed by atoms with van der Waals surface area (Å²) in [5.74, 6) is -2.51. The van der Waals surface area contributed by atoms with Crippen LogP contribution in [-0.4, -0.2) is 33.9 Å². The molecule has 2 aromatic carbocycles. The maximum absolute atomic E-state index is 13.6. The van der Waals surface area contributed by atoms with Gasteiger partial charge in [0.2, 0.25) is 0 Å². The molecule has 11 heteroatoms. The zero-order valence-electron chi connectivity index (χ0n) is 18.3. The van der Waals surface area contributed by atoms with Crippen molar-refractivity contribution < 1.29 is 18.4 Å². The number of halogens is 2. The minimum atomic E-state index is -1.07. The van der Waals surface area contributed by atoms with E-state index in [0.717, 1.165) is 22.3 Å². The Balaban J connectivity index is 1.62. The number of carbonyl (C=O) groups excluding carboxylic acids is 1. The first-order valence-corrected chi connectivity index (χ1v) is 10.2. The summed E-state index contributed by atoms with van der Waals surface area (Å²) in [4.78, 5) is 43.5. The van der Waals surface area contributed by atoms with Crippen molar-refractivity contribution in [3.05, 3.63) is 104 Å². The van der Waals surface area contributed by atoms with Crippen LogP contribution in [0.2, 0.25) is 0 Å². The molecule has 0 saturated carbocycles. The van der Waals surface area contributed by atoms with Gasteiger partial charge in [0.1, 0.15) is 0 Å². The minimum Gasteiger partial charge on any atom is -0.348 e. The number of rotatable bonds is 6. The fourth-order valence-electron chi connectivity index (χ4n) is 3.53. The molecule has 2 heterocycles. The molecule has 1 aliphatic heterocycles. The van der Waals surface area contributed by atoms with Crippen LogP contribution in [0.3, 0.4) is 0 Å². The van der Waals surface area contributed by atoms with E-state index in [1.807, 2.05) is 0 Å². The summed E-state index contributed by atoms with van der Waals surface area (Å²) >= 11 is 0. The smallest absolute Gasteiger partial charge is 0.331 e. The highest BCUT2D eigenvalue weighted by Crippen LogP contribution is 2.13.